The zero-order chi connectivity index (χ0) is 17.5. The summed E-state index contributed by atoms with van der Waals surface area (Å²) in [5.41, 5.74) is 3.02. The maximum Gasteiger partial charge on any atom is 0.304 e. The van der Waals surface area contributed by atoms with Gasteiger partial charge in [-0.25, -0.2) is 4.98 Å². The molecule has 1 aromatic heterocycles. The first-order valence-electron chi connectivity index (χ1n) is 8.07. The van der Waals surface area contributed by atoms with Gasteiger partial charge in [0.15, 0.2) is 0 Å². The van der Waals surface area contributed by atoms with Crippen LogP contribution in [0.15, 0.2) is 60.7 Å². The third-order valence-electron chi connectivity index (χ3n) is 3.70. The molecule has 0 aliphatic rings. The van der Waals surface area contributed by atoms with E-state index in [1.165, 1.54) is 0 Å². The van der Waals surface area contributed by atoms with Crippen molar-refractivity contribution >= 4 is 28.6 Å². The number of hydrogen-bond donors (Lipinski definition) is 1. The van der Waals surface area contributed by atoms with Gasteiger partial charge in [-0.2, -0.15) is 11.8 Å². The molecule has 4 nitrogen and oxygen atoms in total. The summed E-state index contributed by atoms with van der Waals surface area (Å²) in [4.78, 5) is 15.1. The molecule has 3 aromatic rings. The number of carboxylic acids is 1. The number of nitrogens with zero attached hydrogens (tertiary/aromatic N) is 1. The Hall–Kier alpha value is -2.53. The van der Waals surface area contributed by atoms with Gasteiger partial charge in [0.25, 0.3) is 0 Å². The molecule has 0 atom stereocenters. The molecular weight excluding hydrogens is 334 g/mol. The van der Waals surface area contributed by atoms with Gasteiger partial charge >= 0.3 is 5.97 Å². The smallest absolute Gasteiger partial charge is 0.304 e. The molecule has 0 aliphatic heterocycles. The Balaban J connectivity index is 1.51. The van der Waals surface area contributed by atoms with Crippen molar-refractivity contribution in [2.75, 3.05) is 5.75 Å². The third-order valence-corrected chi connectivity index (χ3v) is 4.73. The lowest BCUT2D eigenvalue weighted by Crippen LogP contribution is -1.98. The number of para-hydroxylation sites is 1. The minimum Gasteiger partial charge on any atom is -0.487 e. The van der Waals surface area contributed by atoms with E-state index in [4.69, 9.17) is 9.84 Å². The monoisotopic (exact) mass is 353 g/mol. The summed E-state index contributed by atoms with van der Waals surface area (Å²) >= 11 is 1.62. The quantitative estimate of drug-likeness (QED) is 0.603. The molecule has 0 saturated heterocycles. The Morgan fingerprint density at radius 1 is 1.04 bits per heavy atom. The number of benzene rings is 2. The fraction of sp³-hybridized carbons (Fsp3) is 0.200. The van der Waals surface area contributed by atoms with E-state index in [1.54, 1.807) is 11.8 Å². The summed E-state index contributed by atoms with van der Waals surface area (Å²) < 4.78 is 5.81. The van der Waals surface area contributed by atoms with E-state index >= 15 is 0 Å². The number of fused-ring (bicyclic) bond motifs is 1. The second kappa shape index (κ2) is 8.53. The van der Waals surface area contributed by atoms with Crippen LogP contribution in [0.25, 0.3) is 10.9 Å². The molecular formula is C20H19NO3S. The molecule has 0 radical (unpaired) electrons. The molecule has 5 heteroatoms. The van der Waals surface area contributed by atoms with Crippen LogP contribution in [0.3, 0.4) is 0 Å². The first-order valence-corrected chi connectivity index (χ1v) is 9.22. The van der Waals surface area contributed by atoms with Gasteiger partial charge in [0.2, 0.25) is 0 Å². The lowest BCUT2D eigenvalue weighted by Gasteiger charge is -2.08. The summed E-state index contributed by atoms with van der Waals surface area (Å²) in [5.74, 6) is 1.48. The number of thioether (sulfide) groups is 1. The first-order chi connectivity index (χ1) is 12.2. The average molecular weight is 353 g/mol. The molecule has 0 saturated carbocycles. The lowest BCUT2D eigenvalue weighted by atomic mass is 10.2. The highest BCUT2D eigenvalue weighted by molar-refractivity contribution is 7.98. The van der Waals surface area contributed by atoms with Gasteiger partial charge in [0.1, 0.15) is 12.4 Å². The predicted octanol–water partition coefficient (Wildman–Crippen LogP) is 4.52. The summed E-state index contributed by atoms with van der Waals surface area (Å²) in [5, 5.41) is 9.74. The number of hydrogen-bond acceptors (Lipinski definition) is 4. The molecule has 0 fully saturated rings. The van der Waals surface area contributed by atoms with Crippen molar-refractivity contribution in [1.82, 2.24) is 4.98 Å². The molecule has 2 aromatic carbocycles. The first kappa shape index (κ1) is 17.3. The third kappa shape index (κ3) is 5.22. The fourth-order valence-corrected chi connectivity index (χ4v) is 3.27. The second-order valence-electron chi connectivity index (χ2n) is 5.62. The van der Waals surface area contributed by atoms with Crippen molar-refractivity contribution in [1.29, 1.82) is 0 Å². The largest absolute Gasteiger partial charge is 0.487 e. The van der Waals surface area contributed by atoms with E-state index in [0.29, 0.717) is 12.4 Å². The van der Waals surface area contributed by atoms with Gasteiger partial charge in [-0.05, 0) is 29.8 Å². The summed E-state index contributed by atoms with van der Waals surface area (Å²) in [6.45, 7) is 0.428. The normalized spacial score (nSPS) is 10.7. The SMILES string of the molecule is O=C(O)CCSCc1ccc(OCc2ccc3ccccc3n2)cc1. The van der Waals surface area contributed by atoms with Gasteiger partial charge in [-0.1, -0.05) is 36.4 Å². The van der Waals surface area contributed by atoms with Crippen molar-refractivity contribution in [2.45, 2.75) is 18.8 Å². The number of carboxylic acid groups (broad SMARTS) is 1. The van der Waals surface area contributed by atoms with Crippen LogP contribution in [0, 0.1) is 0 Å². The number of aromatic nitrogens is 1. The number of aliphatic carboxylic acids is 1. The van der Waals surface area contributed by atoms with Crippen LogP contribution < -0.4 is 4.74 Å². The molecule has 0 aliphatic carbocycles. The highest BCUT2D eigenvalue weighted by Crippen LogP contribution is 2.19. The predicted molar refractivity (Wildman–Crippen MR) is 101 cm³/mol. The number of ether oxygens (including phenoxy) is 1. The average Bonchev–Trinajstić information content (AvgIpc) is 2.64. The van der Waals surface area contributed by atoms with Crippen LogP contribution in [0.2, 0.25) is 0 Å². The minimum atomic E-state index is -0.751. The Morgan fingerprint density at radius 3 is 2.64 bits per heavy atom. The highest BCUT2D eigenvalue weighted by atomic mass is 32.2. The van der Waals surface area contributed by atoms with E-state index in [0.717, 1.165) is 33.7 Å². The van der Waals surface area contributed by atoms with Gasteiger partial charge in [-0.15, -0.1) is 0 Å². The van der Waals surface area contributed by atoms with Crippen LogP contribution in [-0.4, -0.2) is 21.8 Å². The van der Waals surface area contributed by atoms with Crippen molar-refractivity contribution in [3.63, 3.8) is 0 Å². The Bertz CT molecular complexity index is 849. The van der Waals surface area contributed by atoms with Crippen molar-refractivity contribution in [3.8, 4) is 5.75 Å². The van der Waals surface area contributed by atoms with Crippen LogP contribution in [0.4, 0.5) is 0 Å². The minimum absolute atomic E-state index is 0.199. The zero-order valence-electron chi connectivity index (χ0n) is 13.7. The van der Waals surface area contributed by atoms with Crippen LogP contribution >= 0.6 is 11.8 Å². The number of rotatable bonds is 8. The topological polar surface area (TPSA) is 59.4 Å². The van der Waals surface area contributed by atoms with Gasteiger partial charge in [0.05, 0.1) is 17.6 Å². The zero-order valence-corrected chi connectivity index (χ0v) is 14.5. The molecule has 25 heavy (non-hydrogen) atoms. The summed E-state index contributed by atoms with van der Waals surface area (Å²) in [7, 11) is 0. The summed E-state index contributed by atoms with van der Waals surface area (Å²) in [6.07, 6.45) is 0.199. The Morgan fingerprint density at radius 2 is 1.84 bits per heavy atom. The molecule has 0 bridgehead atoms. The number of carbonyl (C=O) groups is 1. The highest BCUT2D eigenvalue weighted by Gasteiger charge is 2.01. The second-order valence-corrected chi connectivity index (χ2v) is 6.73. The molecule has 0 amide bonds. The standard InChI is InChI=1S/C20H19NO3S/c22-20(23)11-12-25-14-15-5-9-18(10-6-15)24-13-17-8-7-16-3-1-2-4-19(16)21-17/h1-10H,11-14H2,(H,22,23). The molecule has 128 valence electrons. The van der Waals surface area contributed by atoms with Crippen molar-refractivity contribution in [3.05, 3.63) is 71.9 Å². The van der Waals surface area contributed by atoms with E-state index in [9.17, 15) is 4.79 Å². The van der Waals surface area contributed by atoms with E-state index in [-0.39, 0.29) is 6.42 Å². The van der Waals surface area contributed by atoms with Gasteiger partial charge in [-0.3, -0.25) is 4.79 Å². The molecule has 0 unspecified atom stereocenters. The maximum absolute atomic E-state index is 10.5. The molecule has 3 rings (SSSR count). The van der Waals surface area contributed by atoms with Crippen molar-refractivity contribution < 1.29 is 14.6 Å². The fourth-order valence-electron chi connectivity index (χ4n) is 2.38. The van der Waals surface area contributed by atoms with Crippen LogP contribution in [-0.2, 0) is 17.2 Å². The van der Waals surface area contributed by atoms with Gasteiger partial charge in [0, 0.05) is 16.9 Å². The molecule has 0 spiro atoms. The van der Waals surface area contributed by atoms with Crippen LogP contribution in [0.1, 0.15) is 17.7 Å². The maximum atomic E-state index is 10.5. The van der Waals surface area contributed by atoms with E-state index in [1.807, 2.05) is 54.6 Å². The molecule has 1 N–H and O–H groups in total. The van der Waals surface area contributed by atoms with Gasteiger partial charge < -0.3 is 9.84 Å². The summed E-state index contributed by atoms with van der Waals surface area (Å²) in [6, 6.07) is 20.0. The lowest BCUT2D eigenvalue weighted by molar-refractivity contribution is -0.136. The Kier molecular flexibility index (Phi) is 5.90. The Labute approximate surface area is 150 Å². The number of pyridine rings is 1. The van der Waals surface area contributed by atoms with E-state index < -0.39 is 5.97 Å². The van der Waals surface area contributed by atoms with E-state index in [2.05, 4.69) is 11.1 Å². The van der Waals surface area contributed by atoms with Crippen LogP contribution in [0.5, 0.6) is 5.75 Å². The molecule has 1 heterocycles. The van der Waals surface area contributed by atoms with Crippen molar-refractivity contribution in [2.24, 2.45) is 0 Å².